The van der Waals surface area contributed by atoms with Crippen LogP contribution in [-0.2, 0) is 23.8 Å². The van der Waals surface area contributed by atoms with Gasteiger partial charge >= 0.3 is 0 Å². The maximum absolute atomic E-state index is 13.1. The minimum Gasteiger partial charge on any atom is -0.351 e. The van der Waals surface area contributed by atoms with Crippen molar-refractivity contribution in [2.24, 2.45) is 7.05 Å². The lowest BCUT2D eigenvalue weighted by Gasteiger charge is -2.28. The summed E-state index contributed by atoms with van der Waals surface area (Å²) in [5.74, 6) is 0.0867. The highest BCUT2D eigenvalue weighted by atomic mass is 35.5. The first-order valence-electron chi connectivity index (χ1n) is 9.55. The summed E-state index contributed by atoms with van der Waals surface area (Å²) in [6.07, 6.45) is 9.41. The number of nitrogens with one attached hydrogen (secondary N) is 1. The Morgan fingerprint density at radius 2 is 1.89 bits per heavy atom. The summed E-state index contributed by atoms with van der Waals surface area (Å²) < 4.78 is 1.75. The molecule has 2 heterocycles. The van der Waals surface area contributed by atoms with Crippen molar-refractivity contribution in [2.45, 2.75) is 37.6 Å². The van der Waals surface area contributed by atoms with Gasteiger partial charge in [0, 0.05) is 36.6 Å². The van der Waals surface area contributed by atoms with Crippen LogP contribution in [0.1, 0.15) is 36.8 Å². The normalized spacial score (nSPS) is 15.5. The van der Waals surface area contributed by atoms with Crippen molar-refractivity contribution >= 4 is 17.5 Å². The smallest absolute Gasteiger partial charge is 0.230 e. The van der Waals surface area contributed by atoms with Crippen LogP contribution in [0.5, 0.6) is 0 Å². The molecular weight excluding hydrogens is 372 g/mol. The van der Waals surface area contributed by atoms with E-state index in [1.165, 1.54) is 0 Å². The lowest BCUT2D eigenvalue weighted by atomic mass is 9.78. The molecule has 1 N–H and O–H groups in total. The summed E-state index contributed by atoms with van der Waals surface area (Å²) in [6, 6.07) is 11.7. The molecule has 0 spiro atoms. The molecule has 1 fully saturated rings. The molecule has 6 heteroatoms. The van der Waals surface area contributed by atoms with E-state index in [1.54, 1.807) is 10.9 Å². The quantitative estimate of drug-likeness (QED) is 0.703. The summed E-state index contributed by atoms with van der Waals surface area (Å²) >= 11 is 6.03. The van der Waals surface area contributed by atoms with E-state index in [2.05, 4.69) is 15.4 Å². The van der Waals surface area contributed by atoms with Crippen LogP contribution in [-0.4, -0.2) is 20.7 Å². The van der Waals surface area contributed by atoms with Crippen LogP contribution in [0.25, 0.3) is 11.3 Å². The molecular formula is C22H23ClN4O. The second-order valence-corrected chi connectivity index (χ2v) is 7.87. The first kappa shape index (κ1) is 18.7. The number of amides is 1. The van der Waals surface area contributed by atoms with Crippen molar-refractivity contribution in [3.05, 3.63) is 71.1 Å². The number of benzene rings is 1. The van der Waals surface area contributed by atoms with Gasteiger partial charge in [0.15, 0.2) is 0 Å². The van der Waals surface area contributed by atoms with Crippen molar-refractivity contribution in [3.8, 4) is 11.3 Å². The van der Waals surface area contributed by atoms with E-state index in [9.17, 15) is 4.79 Å². The molecule has 0 radical (unpaired) electrons. The third kappa shape index (κ3) is 3.67. The maximum atomic E-state index is 13.1. The molecule has 1 aliphatic carbocycles. The van der Waals surface area contributed by atoms with Crippen LogP contribution in [0.2, 0.25) is 5.02 Å². The Bertz CT molecular complexity index is 957. The second-order valence-electron chi connectivity index (χ2n) is 7.43. The molecule has 28 heavy (non-hydrogen) atoms. The summed E-state index contributed by atoms with van der Waals surface area (Å²) in [5.41, 5.74) is 3.43. The van der Waals surface area contributed by atoms with E-state index in [0.29, 0.717) is 11.6 Å². The van der Waals surface area contributed by atoms with E-state index in [0.717, 1.165) is 48.1 Å². The molecule has 1 aliphatic rings. The van der Waals surface area contributed by atoms with Gasteiger partial charge in [-0.1, -0.05) is 42.6 Å². The molecule has 1 amide bonds. The molecule has 1 aromatic carbocycles. The fourth-order valence-corrected chi connectivity index (χ4v) is 4.13. The zero-order chi connectivity index (χ0) is 19.6. The lowest BCUT2D eigenvalue weighted by Crippen LogP contribution is -2.42. The zero-order valence-corrected chi connectivity index (χ0v) is 16.6. The van der Waals surface area contributed by atoms with Gasteiger partial charge in [-0.25, -0.2) is 0 Å². The van der Waals surface area contributed by atoms with Crippen molar-refractivity contribution in [2.75, 3.05) is 0 Å². The Morgan fingerprint density at radius 3 is 2.50 bits per heavy atom. The monoisotopic (exact) mass is 394 g/mol. The molecule has 2 aromatic heterocycles. The number of aryl methyl sites for hydroxylation is 1. The van der Waals surface area contributed by atoms with Gasteiger partial charge in [0.1, 0.15) is 0 Å². The number of hydrogen-bond donors (Lipinski definition) is 1. The third-order valence-corrected chi connectivity index (χ3v) is 5.82. The molecule has 5 nitrogen and oxygen atoms in total. The van der Waals surface area contributed by atoms with Gasteiger partial charge in [0.2, 0.25) is 5.91 Å². The Labute approximate surface area is 169 Å². The number of aromatic nitrogens is 3. The molecule has 0 aliphatic heterocycles. The highest BCUT2D eigenvalue weighted by molar-refractivity contribution is 6.30. The first-order valence-corrected chi connectivity index (χ1v) is 9.93. The van der Waals surface area contributed by atoms with Gasteiger partial charge < -0.3 is 5.32 Å². The number of carbonyl (C=O) groups excluding carboxylic acids is 1. The number of carbonyl (C=O) groups is 1. The average Bonchev–Trinajstić information content (AvgIpc) is 3.37. The van der Waals surface area contributed by atoms with E-state index in [1.807, 2.05) is 55.8 Å². The zero-order valence-electron chi connectivity index (χ0n) is 15.9. The van der Waals surface area contributed by atoms with E-state index < -0.39 is 5.41 Å². The number of nitrogens with zero attached hydrogens (tertiary/aromatic N) is 3. The molecule has 0 saturated heterocycles. The van der Waals surface area contributed by atoms with Gasteiger partial charge in [-0.15, -0.1) is 0 Å². The lowest BCUT2D eigenvalue weighted by molar-refractivity contribution is -0.126. The maximum Gasteiger partial charge on any atom is 0.230 e. The Kier molecular flexibility index (Phi) is 5.18. The molecule has 0 unspecified atom stereocenters. The van der Waals surface area contributed by atoms with Gasteiger partial charge in [0.25, 0.3) is 0 Å². The number of pyridine rings is 1. The van der Waals surface area contributed by atoms with E-state index in [4.69, 9.17) is 11.6 Å². The number of rotatable bonds is 5. The van der Waals surface area contributed by atoms with Crippen molar-refractivity contribution < 1.29 is 4.79 Å². The summed E-state index contributed by atoms with van der Waals surface area (Å²) in [4.78, 5) is 17.6. The Hall–Kier alpha value is -2.66. The first-order chi connectivity index (χ1) is 13.6. The minimum absolute atomic E-state index is 0.0867. The molecule has 0 bridgehead atoms. The highest BCUT2D eigenvalue weighted by Gasteiger charge is 2.42. The van der Waals surface area contributed by atoms with Gasteiger partial charge in [-0.2, -0.15) is 5.10 Å². The van der Waals surface area contributed by atoms with Crippen LogP contribution >= 0.6 is 11.6 Å². The fourth-order valence-electron chi connectivity index (χ4n) is 4.00. The van der Waals surface area contributed by atoms with Crippen molar-refractivity contribution in [3.63, 3.8) is 0 Å². The van der Waals surface area contributed by atoms with Crippen LogP contribution < -0.4 is 5.32 Å². The molecule has 1 saturated carbocycles. The molecule has 3 aromatic rings. The number of halogens is 1. The summed E-state index contributed by atoms with van der Waals surface area (Å²) in [6.45, 7) is 0.467. The van der Waals surface area contributed by atoms with Crippen LogP contribution in [0.3, 0.4) is 0 Å². The predicted octanol–water partition coefficient (Wildman–Crippen LogP) is 4.26. The van der Waals surface area contributed by atoms with Crippen molar-refractivity contribution in [1.29, 1.82) is 0 Å². The Morgan fingerprint density at radius 1 is 1.14 bits per heavy atom. The molecule has 4 rings (SSSR count). The van der Waals surface area contributed by atoms with Crippen LogP contribution in [0.15, 0.2) is 55.0 Å². The Balaban J connectivity index is 1.46. The van der Waals surface area contributed by atoms with Gasteiger partial charge in [0.05, 0.1) is 17.3 Å². The van der Waals surface area contributed by atoms with Crippen LogP contribution in [0, 0.1) is 0 Å². The standard InChI is InChI=1S/C22H23ClN4O/c1-27-15-17(14-26-27)20-9-4-16(12-24-20)13-25-21(28)22(10-2-3-11-22)18-5-7-19(23)8-6-18/h4-9,12,14-15H,2-3,10-11,13H2,1H3,(H,25,28). The molecule has 144 valence electrons. The average molecular weight is 395 g/mol. The van der Waals surface area contributed by atoms with Gasteiger partial charge in [-0.05, 0) is 42.2 Å². The third-order valence-electron chi connectivity index (χ3n) is 5.57. The summed E-state index contributed by atoms with van der Waals surface area (Å²) in [7, 11) is 1.88. The molecule has 0 atom stereocenters. The van der Waals surface area contributed by atoms with Crippen molar-refractivity contribution in [1.82, 2.24) is 20.1 Å². The second kappa shape index (κ2) is 7.76. The number of hydrogen-bond acceptors (Lipinski definition) is 3. The van der Waals surface area contributed by atoms with Gasteiger partial charge in [-0.3, -0.25) is 14.5 Å². The van der Waals surface area contributed by atoms with E-state index >= 15 is 0 Å². The van der Waals surface area contributed by atoms with E-state index in [-0.39, 0.29) is 5.91 Å². The largest absolute Gasteiger partial charge is 0.351 e. The van der Waals surface area contributed by atoms with Crippen LogP contribution in [0.4, 0.5) is 0 Å². The minimum atomic E-state index is -0.451. The SMILES string of the molecule is Cn1cc(-c2ccc(CNC(=O)C3(c4ccc(Cl)cc4)CCCC3)cn2)cn1. The topological polar surface area (TPSA) is 59.8 Å². The fraction of sp³-hybridized carbons (Fsp3) is 0.318. The summed E-state index contributed by atoms with van der Waals surface area (Å²) in [5, 5.41) is 7.99. The highest BCUT2D eigenvalue weighted by Crippen LogP contribution is 2.41. The predicted molar refractivity (Wildman–Crippen MR) is 110 cm³/mol.